The van der Waals surface area contributed by atoms with E-state index in [-0.39, 0.29) is 5.91 Å². The fourth-order valence-electron chi connectivity index (χ4n) is 2.67. The summed E-state index contributed by atoms with van der Waals surface area (Å²) in [6.45, 7) is 0.486. The van der Waals surface area contributed by atoms with Crippen LogP contribution in [0.4, 0.5) is 0 Å². The summed E-state index contributed by atoms with van der Waals surface area (Å²) in [5.74, 6) is 0.625. The van der Waals surface area contributed by atoms with Gasteiger partial charge in [-0.3, -0.25) is 4.79 Å². The lowest BCUT2D eigenvalue weighted by Crippen LogP contribution is -2.22. The van der Waals surface area contributed by atoms with Crippen molar-refractivity contribution >= 4 is 28.1 Å². The van der Waals surface area contributed by atoms with Gasteiger partial charge in [0.25, 0.3) is 5.91 Å². The largest absolute Gasteiger partial charge is 0.497 e. The third kappa shape index (κ3) is 3.16. The Morgan fingerprint density at radius 1 is 1.24 bits per heavy atom. The van der Waals surface area contributed by atoms with Gasteiger partial charge in [0.2, 0.25) is 0 Å². The zero-order chi connectivity index (χ0) is 17.2. The average molecular weight is 352 g/mol. The number of benzene rings is 1. The number of furan rings is 1. The molecule has 0 fully saturated rings. The van der Waals surface area contributed by atoms with Crippen LogP contribution in [0.1, 0.15) is 15.4 Å². The summed E-state index contributed by atoms with van der Waals surface area (Å²) in [7, 11) is 1.62. The molecule has 4 rings (SSSR count). The second-order valence-corrected chi connectivity index (χ2v) is 6.63. The van der Waals surface area contributed by atoms with E-state index in [2.05, 4.69) is 21.7 Å². The van der Waals surface area contributed by atoms with Crippen molar-refractivity contribution in [3.8, 4) is 16.9 Å². The second-order valence-electron chi connectivity index (χ2n) is 5.63. The Morgan fingerprint density at radius 2 is 2.16 bits per heavy atom. The van der Waals surface area contributed by atoms with Gasteiger partial charge >= 0.3 is 0 Å². The number of thiophene rings is 1. The molecule has 0 unspecified atom stereocenters. The van der Waals surface area contributed by atoms with Crippen molar-refractivity contribution in [2.75, 3.05) is 7.11 Å². The Bertz CT molecular complexity index is 1010. The Hall–Kier alpha value is -2.99. The molecule has 0 spiro atoms. The maximum atomic E-state index is 12.4. The van der Waals surface area contributed by atoms with Crippen LogP contribution in [0.2, 0.25) is 0 Å². The van der Waals surface area contributed by atoms with Crippen molar-refractivity contribution in [1.29, 1.82) is 0 Å². The Kier molecular flexibility index (Phi) is 4.03. The van der Waals surface area contributed by atoms with E-state index in [0.29, 0.717) is 12.2 Å². The topological polar surface area (TPSA) is 67.3 Å². The number of fused-ring (bicyclic) bond motifs is 1. The van der Waals surface area contributed by atoms with E-state index in [9.17, 15) is 4.79 Å². The molecule has 0 aliphatic rings. The normalized spacial score (nSPS) is 10.9. The first-order valence-corrected chi connectivity index (χ1v) is 8.66. The lowest BCUT2D eigenvalue weighted by Gasteiger charge is -2.01. The molecule has 1 aromatic carbocycles. The van der Waals surface area contributed by atoms with Gasteiger partial charge in [0.05, 0.1) is 26.2 Å². The molecule has 0 bridgehead atoms. The summed E-state index contributed by atoms with van der Waals surface area (Å²) in [6, 6.07) is 11.5. The number of H-pyrrole nitrogens is 1. The molecule has 3 heterocycles. The number of hydrogen-bond donors (Lipinski definition) is 2. The van der Waals surface area contributed by atoms with Crippen molar-refractivity contribution in [1.82, 2.24) is 10.3 Å². The quantitative estimate of drug-likeness (QED) is 0.558. The standard InChI is InChI=1S/C19H16N2O3S/c1-23-15-3-2-12-7-18(21-17(12)8-15)19(22)20-9-16-6-14(11-25-16)13-4-5-24-10-13/h2-8,10-11,21H,9H2,1H3,(H,20,22). The highest BCUT2D eigenvalue weighted by molar-refractivity contribution is 7.10. The minimum Gasteiger partial charge on any atom is -0.497 e. The average Bonchev–Trinajstić information content (AvgIpc) is 3.38. The number of aromatic nitrogens is 1. The van der Waals surface area contributed by atoms with E-state index in [1.165, 1.54) is 0 Å². The van der Waals surface area contributed by atoms with Crippen molar-refractivity contribution in [3.05, 3.63) is 64.9 Å². The molecule has 0 aliphatic carbocycles. The molecule has 0 saturated carbocycles. The Morgan fingerprint density at radius 3 is 2.96 bits per heavy atom. The highest BCUT2D eigenvalue weighted by Crippen LogP contribution is 2.26. The van der Waals surface area contributed by atoms with Crippen LogP contribution in [0, 0.1) is 0 Å². The number of amides is 1. The van der Waals surface area contributed by atoms with Crippen molar-refractivity contribution in [2.45, 2.75) is 6.54 Å². The van der Waals surface area contributed by atoms with Crippen LogP contribution in [0.5, 0.6) is 5.75 Å². The molecule has 126 valence electrons. The molecule has 4 aromatic rings. The number of carbonyl (C=O) groups excluding carboxylic acids is 1. The van der Waals surface area contributed by atoms with Gasteiger partial charge in [0.1, 0.15) is 11.4 Å². The number of rotatable bonds is 5. The smallest absolute Gasteiger partial charge is 0.268 e. The van der Waals surface area contributed by atoms with Crippen molar-refractivity contribution < 1.29 is 13.9 Å². The summed E-state index contributed by atoms with van der Waals surface area (Å²) in [5, 5.41) is 5.98. The maximum absolute atomic E-state index is 12.4. The van der Waals surface area contributed by atoms with Gasteiger partial charge in [-0.15, -0.1) is 11.3 Å². The molecule has 25 heavy (non-hydrogen) atoms. The summed E-state index contributed by atoms with van der Waals surface area (Å²) in [5.41, 5.74) is 3.55. The fraction of sp³-hybridized carbons (Fsp3) is 0.105. The number of ether oxygens (including phenoxy) is 1. The van der Waals surface area contributed by atoms with E-state index in [1.54, 1.807) is 31.0 Å². The molecule has 2 N–H and O–H groups in total. The van der Waals surface area contributed by atoms with Crippen LogP contribution in [0.15, 0.2) is 58.7 Å². The van der Waals surface area contributed by atoms with Gasteiger partial charge in [0, 0.05) is 27.4 Å². The zero-order valence-electron chi connectivity index (χ0n) is 13.5. The van der Waals surface area contributed by atoms with E-state index in [4.69, 9.17) is 9.15 Å². The van der Waals surface area contributed by atoms with Crippen LogP contribution < -0.4 is 10.1 Å². The molecule has 5 nitrogen and oxygen atoms in total. The molecule has 6 heteroatoms. The molecule has 0 aliphatic heterocycles. The third-order valence-corrected chi connectivity index (χ3v) is 4.94. The molecule has 3 aromatic heterocycles. The van der Waals surface area contributed by atoms with Gasteiger partial charge in [-0.05, 0) is 41.3 Å². The highest BCUT2D eigenvalue weighted by atomic mass is 32.1. The number of carbonyl (C=O) groups is 1. The zero-order valence-corrected chi connectivity index (χ0v) is 14.4. The van der Waals surface area contributed by atoms with E-state index in [1.807, 2.05) is 30.3 Å². The predicted octanol–water partition coefficient (Wildman–Crippen LogP) is 4.43. The first-order valence-electron chi connectivity index (χ1n) is 7.78. The number of nitrogens with one attached hydrogen (secondary N) is 2. The Balaban J connectivity index is 1.45. The first-order chi connectivity index (χ1) is 12.2. The number of methoxy groups -OCH3 is 1. The second kappa shape index (κ2) is 6.49. The van der Waals surface area contributed by atoms with Gasteiger partial charge < -0.3 is 19.5 Å². The molecular weight excluding hydrogens is 336 g/mol. The number of aromatic amines is 1. The molecular formula is C19H16N2O3S. The molecule has 0 radical (unpaired) electrons. The van der Waals surface area contributed by atoms with Crippen molar-refractivity contribution in [3.63, 3.8) is 0 Å². The van der Waals surface area contributed by atoms with Gasteiger partial charge in [-0.1, -0.05) is 0 Å². The monoisotopic (exact) mass is 352 g/mol. The molecule has 0 atom stereocenters. The van der Waals surface area contributed by atoms with Crippen LogP contribution in [-0.4, -0.2) is 18.0 Å². The van der Waals surface area contributed by atoms with Crippen LogP contribution in [-0.2, 0) is 6.54 Å². The van der Waals surface area contributed by atoms with E-state index < -0.39 is 0 Å². The summed E-state index contributed by atoms with van der Waals surface area (Å²) in [4.78, 5) is 16.6. The van der Waals surface area contributed by atoms with E-state index >= 15 is 0 Å². The summed E-state index contributed by atoms with van der Waals surface area (Å²) < 4.78 is 10.3. The summed E-state index contributed by atoms with van der Waals surface area (Å²) in [6.07, 6.45) is 3.36. The van der Waals surface area contributed by atoms with E-state index in [0.717, 1.165) is 32.7 Å². The maximum Gasteiger partial charge on any atom is 0.268 e. The summed E-state index contributed by atoms with van der Waals surface area (Å²) >= 11 is 1.61. The SMILES string of the molecule is COc1ccc2cc(C(=O)NCc3cc(-c4ccoc4)cs3)[nH]c2c1. The lowest BCUT2D eigenvalue weighted by atomic mass is 10.2. The molecule has 0 saturated heterocycles. The van der Waals surface area contributed by atoms with Gasteiger partial charge in [0.15, 0.2) is 0 Å². The minimum atomic E-state index is -0.131. The Labute approximate surface area is 148 Å². The van der Waals surface area contributed by atoms with Gasteiger partial charge in [-0.25, -0.2) is 0 Å². The van der Waals surface area contributed by atoms with Gasteiger partial charge in [-0.2, -0.15) is 0 Å². The van der Waals surface area contributed by atoms with Crippen LogP contribution in [0.3, 0.4) is 0 Å². The molecule has 1 amide bonds. The number of hydrogen-bond acceptors (Lipinski definition) is 4. The minimum absolute atomic E-state index is 0.131. The van der Waals surface area contributed by atoms with Crippen molar-refractivity contribution in [2.24, 2.45) is 0 Å². The van der Waals surface area contributed by atoms with Crippen LogP contribution >= 0.6 is 11.3 Å². The first kappa shape index (κ1) is 15.5. The predicted molar refractivity (Wildman–Crippen MR) is 98.0 cm³/mol. The fourth-order valence-corrected chi connectivity index (χ4v) is 3.50. The lowest BCUT2D eigenvalue weighted by molar-refractivity contribution is 0.0947. The van der Waals surface area contributed by atoms with Crippen LogP contribution in [0.25, 0.3) is 22.0 Å². The third-order valence-electron chi connectivity index (χ3n) is 4.01. The highest BCUT2D eigenvalue weighted by Gasteiger charge is 2.11.